The van der Waals surface area contributed by atoms with Crippen LogP contribution in [0.15, 0.2) is 0 Å². The average Bonchev–Trinajstić information content (AvgIpc) is 3.02. The fraction of sp³-hybridized carbons (Fsp3) is 0.917. The molecule has 1 aliphatic carbocycles. The zero-order valence-electron chi connectivity index (χ0n) is 9.57. The van der Waals surface area contributed by atoms with Crippen LogP contribution in [0.1, 0.15) is 32.1 Å². The van der Waals surface area contributed by atoms with E-state index in [0.717, 1.165) is 32.0 Å². The van der Waals surface area contributed by atoms with E-state index in [9.17, 15) is 4.79 Å². The number of halogens is 1. The summed E-state index contributed by atoms with van der Waals surface area (Å²) < 4.78 is 0. The number of hydrogen-bond donors (Lipinski definition) is 0. The van der Waals surface area contributed by atoms with Crippen molar-refractivity contribution in [1.29, 1.82) is 0 Å². The van der Waals surface area contributed by atoms with E-state index in [1.165, 1.54) is 25.8 Å². The number of alkyl halides is 1. The van der Waals surface area contributed by atoms with Crippen molar-refractivity contribution in [3.63, 3.8) is 0 Å². The van der Waals surface area contributed by atoms with Gasteiger partial charge < -0.3 is 4.90 Å². The molecule has 0 spiro atoms. The summed E-state index contributed by atoms with van der Waals surface area (Å²) in [6.45, 7) is 3.30. The third-order valence-corrected chi connectivity index (χ3v) is 4.96. The molecule has 0 bridgehead atoms. The second-order valence-electron chi connectivity index (χ2n) is 5.31. The molecule has 90 valence electrons. The summed E-state index contributed by atoms with van der Waals surface area (Å²) in [5, 5.41) is 0. The first-order valence-corrected chi connectivity index (χ1v) is 7.36. The third-order valence-electron chi connectivity index (χ3n) is 4.11. The zero-order chi connectivity index (χ0) is 11.1. The van der Waals surface area contributed by atoms with Crippen LogP contribution in [-0.4, -0.2) is 52.3 Å². The van der Waals surface area contributed by atoms with Gasteiger partial charge >= 0.3 is 0 Å². The van der Waals surface area contributed by atoms with Gasteiger partial charge in [0.15, 0.2) is 0 Å². The molecular weight excluding hydrogens is 268 g/mol. The molecule has 0 aromatic rings. The standard InChI is InChI=1S/C12H19BrN2O/c13-11-2-1-6-15(12(11)16)10-5-7-14(8-10)9-3-4-9/h9-11H,1-8H2. The van der Waals surface area contributed by atoms with Gasteiger partial charge in [-0.15, -0.1) is 0 Å². The van der Waals surface area contributed by atoms with E-state index in [1.54, 1.807) is 0 Å². The van der Waals surface area contributed by atoms with E-state index in [2.05, 4.69) is 25.7 Å². The van der Waals surface area contributed by atoms with E-state index in [1.807, 2.05) is 0 Å². The Hall–Kier alpha value is -0.0900. The van der Waals surface area contributed by atoms with Gasteiger partial charge in [-0.25, -0.2) is 0 Å². The predicted octanol–water partition coefficient (Wildman–Crippen LogP) is 1.61. The number of likely N-dealkylation sites (tertiary alicyclic amines) is 2. The molecule has 4 heteroatoms. The van der Waals surface area contributed by atoms with E-state index < -0.39 is 0 Å². The van der Waals surface area contributed by atoms with Crippen LogP contribution >= 0.6 is 15.9 Å². The van der Waals surface area contributed by atoms with Gasteiger partial charge in [0.2, 0.25) is 5.91 Å². The van der Waals surface area contributed by atoms with Crippen LogP contribution < -0.4 is 0 Å². The quantitative estimate of drug-likeness (QED) is 0.720. The predicted molar refractivity (Wildman–Crippen MR) is 66.7 cm³/mol. The highest BCUT2D eigenvalue weighted by Crippen LogP contribution is 2.32. The summed E-state index contributed by atoms with van der Waals surface area (Å²) in [4.78, 5) is 16.9. The van der Waals surface area contributed by atoms with Crippen LogP contribution in [0.3, 0.4) is 0 Å². The molecule has 3 aliphatic rings. The first-order valence-electron chi connectivity index (χ1n) is 6.44. The number of amides is 1. The fourth-order valence-electron chi connectivity index (χ4n) is 3.01. The minimum Gasteiger partial charge on any atom is -0.337 e. The molecule has 1 amide bonds. The maximum Gasteiger partial charge on any atom is 0.236 e. The van der Waals surface area contributed by atoms with Crippen molar-refractivity contribution >= 4 is 21.8 Å². The Kier molecular flexibility index (Phi) is 2.96. The van der Waals surface area contributed by atoms with Gasteiger partial charge in [0.1, 0.15) is 0 Å². The van der Waals surface area contributed by atoms with Crippen molar-refractivity contribution in [3.05, 3.63) is 0 Å². The van der Waals surface area contributed by atoms with Crippen molar-refractivity contribution < 1.29 is 4.79 Å². The maximum atomic E-state index is 12.1. The summed E-state index contributed by atoms with van der Waals surface area (Å²) in [6, 6.07) is 1.35. The van der Waals surface area contributed by atoms with Crippen molar-refractivity contribution in [3.8, 4) is 0 Å². The van der Waals surface area contributed by atoms with E-state index in [0.29, 0.717) is 11.9 Å². The lowest BCUT2D eigenvalue weighted by Crippen LogP contribution is -2.48. The lowest BCUT2D eigenvalue weighted by molar-refractivity contribution is -0.134. The second-order valence-corrected chi connectivity index (χ2v) is 6.42. The molecule has 3 fully saturated rings. The summed E-state index contributed by atoms with van der Waals surface area (Å²) in [5.74, 6) is 0.328. The Morgan fingerprint density at radius 2 is 1.88 bits per heavy atom. The Bertz CT molecular complexity index is 293. The SMILES string of the molecule is O=C1C(Br)CCCN1C1CCN(C2CC2)C1. The summed E-state index contributed by atoms with van der Waals surface area (Å²) in [5.41, 5.74) is 0. The van der Waals surface area contributed by atoms with Gasteiger partial charge in [0.25, 0.3) is 0 Å². The normalized spacial score (nSPS) is 37.1. The molecule has 2 atom stereocenters. The number of hydrogen-bond acceptors (Lipinski definition) is 2. The third kappa shape index (κ3) is 2.02. The Balaban J connectivity index is 1.62. The van der Waals surface area contributed by atoms with Crippen LogP contribution in [0.4, 0.5) is 0 Å². The molecular formula is C12H19BrN2O. The summed E-state index contributed by atoms with van der Waals surface area (Å²) >= 11 is 3.49. The maximum absolute atomic E-state index is 12.1. The van der Waals surface area contributed by atoms with Crippen LogP contribution in [0, 0.1) is 0 Å². The number of nitrogens with zero attached hydrogens (tertiary/aromatic N) is 2. The van der Waals surface area contributed by atoms with Gasteiger partial charge in [-0.2, -0.15) is 0 Å². The lowest BCUT2D eigenvalue weighted by Gasteiger charge is -2.34. The first-order chi connectivity index (χ1) is 7.75. The van der Waals surface area contributed by atoms with E-state index in [-0.39, 0.29) is 4.83 Å². The zero-order valence-corrected chi connectivity index (χ0v) is 11.2. The molecule has 0 aromatic heterocycles. The molecule has 0 aromatic carbocycles. The van der Waals surface area contributed by atoms with Crippen molar-refractivity contribution in [2.45, 2.75) is 49.0 Å². The molecule has 2 saturated heterocycles. The Morgan fingerprint density at radius 3 is 2.62 bits per heavy atom. The van der Waals surface area contributed by atoms with Gasteiger partial charge in [0.05, 0.1) is 4.83 Å². The monoisotopic (exact) mass is 286 g/mol. The second kappa shape index (κ2) is 4.30. The number of carbonyl (C=O) groups is 1. The highest BCUT2D eigenvalue weighted by Gasteiger charge is 2.39. The number of carbonyl (C=O) groups excluding carboxylic acids is 1. The van der Waals surface area contributed by atoms with Crippen LogP contribution in [-0.2, 0) is 4.79 Å². The highest BCUT2D eigenvalue weighted by molar-refractivity contribution is 9.10. The average molecular weight is 287 g/mol. The first kappa shape index (κ1) is 11.0. The smallest absolute Gasteiger partial charge is 0.236 e. The van der Waals surface area contributed by atoms with Crippen LogP contribution in [0.2, 0.25) is 0 Å². The molecule has 2 aliphatic heterocycles. The molecule has 1 saturated carbocycles. The van der Waals surface area contributed by atoms with Gasteiger partial charge in [-0.1, -0.05) is 15.9 Å². The molecule has 0 radical (unpaired) electrons. The molecule has 0 N–H and O–H groups in total. The molecule has 3 nitrogen and oxygen atoms in total. The Labute approximate surface area is 105 Å². The lowest BCUT2D eigenvalue weighted by atomic mass is 10.1. The minimum absolute atomic E-state index is 0.0798. The Morgan fingerprint density at radius 1 is 1.06 bits per heavy atom. The van der Waals surface area contributed by atoms with Gasteiger partial charge in [0, 0.05) is 31.7 Å². The number of piperidine rings is 1. The van der Waals surface area contributed by atoms with Crippen LogP contribution in [0.5, 0.6) is 0 Å². The largest absolute Gasteiger partial charge is 0.337 e. The summed E-state index contributed by atoms with van der Waals surface area (Å²) in [7, 11) is 0. The van der Waals surface area contributed by atoms with Crippen molar-refractivity contribution in [2.75, 3.05) is 19.6 Å². The topological polar surface area (TPSA) is 23.6 Å². The highest BCUT2D eigenvalue weighted by atomic mass is 79.9. The summed E-state index contributed by atoms with van der Waals surface area (Å²) in [6.07, 6.45) is 6.10. The molecule has 2 heterocycles. The fourth-order valence-corrected chi connectivity index (χ4v) is 3.60. The molecule has 16 heavy (non-hydrogen) atoms. The van der Waals surface area contributed by atoms with Gasteiger partial charge in [-0.3, -0.25) is 9.69 Å². The molecule has 3 rings (SSSR count). The molecule has 2 unspecified atom stereocenters. The van der Waals surface area contributed by atoms with Gasteiger partial charge in [-0.05, 0) is 32.1 Å². The van der Waals surface area contributed by atoms with E-state index >= 15 is 0 Å². The van der Waals surface area contributed by atoms with Crippen molar-refractivity contribution in [2.24, 2.45) is 0 Å². The van der Waals surface area contributed by atoms with Crippen molar-refractivity contribution in [1.82, 2.24) is 9.80 Å². The number of rotatable bonds is 2. The van der Waals surface area contributed by atoms with Crippen LogP contribution in [0.25, 0.3) is 0 Å². The minimum atomic E-state index is 0.0798. The van der Waals surface area contributed by atoms with E-state index in [4.69, 9.17) is 0 Å².